The molecule has 30 heavy (non-hydrogen) atoms. The predicted molar refractivity (Wildman–Crippen MR) is 115 cm³/mol. The number of hydrogen-bond acceptors (Lipinski definition) is 5. The van der Waals surface area contributed by atoms with E-state index in [-0.39, 0.29) is 17.7 Å². The second-order valence-corrected chi connectivity index (χ2v) is 8.22. The number of aliphatic hydroxyl groups is 3. The highest BCUT2D eigenvalue weighted by molar-refractivity contribution is 5.74. The molecule has 0 aromatic heterocycles. The van der Waals surface area contributed by atoms with Gasteiger partial charge in [0.15, 0.2) is 0 Å². The van der Waals surface area contributed by atoms with E-state index in [1.807, 2.05) is 36.4 Å². The third kappa shape index (κ3) is 8.42. The van der Waals surface area contributed by atoms with Gasteiger partial charge >= 0.3 is 0 Å². The highest BCUT2D eigenvalue weighted by atomic mass is 16.5. The summed E-state index contributed by atoms with van der Waals surface area (Å²) in [5, 5.41) is 39.4. The third-order valence-corrected chi connectivity index (χ3v) is 5.97. The van der Waals surface area contributed by atoms with Gasteiger partial charge in [-0.2, -0.15) is 0 Å². The Hall–Kier alpha value is -1.95. The number of carbonyl (C=O) groups excluding carboxylic acids is 1. The van der Waals surface area contributed by atoms with Crippen LogP contribution in [0.5, 0.6) is 0 Å². The topological polar surface area (TPSA) is 110 Å². The van der Waals surface area contributed by atoms with E-state index in [9.17, 15) is 20.1 Å². The van der Waals surface area contributed by atoms with Gasteiger partial charge in [-0.15, -0.1) is 5.73 Å². The fourth-order valence-electron chi connectivity index (χ4n) is 4.31. The molecule has 5 N–H and O–H groups in total. The van der Waals surface area contributed by atoms with Gasteiger partial charge in [-0.25, -0.2) is 5.48 Å². The Kier molecular flexibility index (Phi) is 10.8. The van der Waals surface area contributed by atoms with Crippen LogP contribution in [0.1, 0.15) is 63.4 Å². The molecule has 1 fully saturated rings. The normalized spacial score (nSPS) is 24.1. The van der Waals surface area contributed by atoms with Crippen molar-refractivity contribution in [1.82, 2.24) is 5.48 Å². The van der Waals surface area contributed by atoms with E-state index < -0.39 is 18.3 Å². The maximum Gasteiger partial charge on any atom is 0.243 e. The average molecular weight is 418 g/mol. The summed E-state index contributed by atoms with van der Waals surface area (Å²) in [4.78, 5) is 11.0. The third-order valence-electron chi connectivity index (χ3n) is 5.97. The van der Waals surface area contributed by atoms with Gasteiger partial charge in [0.2, 0.25) is 5.91 Å². The van der Waals surface area contributed by atoms with E-state index in [0.29, 0.717) is 25.7 Å². The molecule has 1 saturated carbocycles. The average Bonchev–Trinajstić information content (AvgIpc) is 3.01. The lowest BCUT2D eigenvalue weighted by Crippen LogP contribution is -2.23. The predicted octanol–water partition coefficient (Wildman–Crippen LogP) is 3.20. The van der Waals surface area contributed by atoms with Crippen LogP contribution in [0, 0.1) is 11.8 Å². The number of aliphatic hydroxyl groups excluding tert-OH is 3. The number of carbonyl (C=O) groups is 1. The number of hydrogen-bond donors (Lipinski definition) is 5. The SMILES string of the molecule is O=C(CCCCCC[C@@H]1[C@@H](CCC(O)C=C=Cc2ccccc2)[C@H](O)C[C@@H]1O)NO. The van der Waals surface area contributed by atoms with E-state index in [1.165, 1.54) is 0 Å². The zero-order valence-electron chi connectivity index (χ0n) is 17.5. The molecular formula is C24H35NO5. The summed E-state index contributed by atoms with van der Waals surface area (Å²) in [5.74, 6) is -0.339. The minimum absolute atomic E-state index is 0.0127. The molecular weight excluding hydrogens is 382 g/mol. The number of rotatable bonds is 12. The molecule has 6 heteroatoms. The number of hydroxylamine groups is 1. The van der Waals surface area contributed by atoms with Crippen molar-refractivity contribution >= 4 is 12.0 Å². The van der Waals surface area contributed by atoms with E-state index in [1.54, 1.807) is 11.6 Å². The highest BCUT2D eigenvalue weighted by Crippen LogP contribution is 2.39. The Bertz CT molecular complexity index is 686. The van der Waals surface area contributed by atoms with Crippen molar-refractivity contribution in [2.24, 2.45) is 11.8 Å². The smallest absolute Gasteiger partial charge is 0.243 e. The van der Waals surface area contributed by atoms with E-state index in [2.05, 4.69) is 5.73 Å². The Morgan fingerprint density at radius 3 is 2.43 bits per heavy atom. The van der Waals surface area contributed by atoms with E-state index in [0.717, 1.165) is 37.7 Å². The van der Waals surface area contributed by atoms with Crippen molar-refractivity contribution in [1.29, 1.82) is 0 Å². The van der Waals surface area contributed by atoms with Crippen molar-refractivity contribution in [3.05, 3.63) is 47.7 Å². The molecule has 2 rings (SSSR count). The van der Waals surface area contributed by atoms with Crippen molar-refractivity contribution in [3.63, 3.8) is 0 Å². The zero-order chi connectivity index (χ0) is 21.8. The van der Waals surface area contributed by atoms with Gasteiger partial charge in [0.05, 0.1) is 18.3 Å². The maximum atomic E-state index is 11.0. The van der Waals surface area contributed by atoms with Crippen LogP contribution in [0.25, 0.3) is 6.08 Å². The van der Waals surface area contributed by atoms with Crippen LogP contribution in [-0.2, 0) is 4.79 Å². The van der Waals surface area contributed by atoms with Crippen LogP contribution in [-0.4, -0.2) is 44.7 Å². The Morgan fingerprint density at radius 1 is 1.07 bits per heavy atom. The molecule has 0 heterocycles. The van der Waals surface area contributed by atoms with Gasteiger partial charge in [0.1, 0.15) is 0 Å². The number of amides is 1. The summed E-state index contributed by atoms with van der Waals surface area (Å²) < 4.78 is 0. The standard InChI is InChI=1S/C24H35NO5/c26-19(12-8-11-18-9-4-3-5-10-18)15-16-21-20(22(27)17-23(21)28)13-6-1-2-7-14-24(29)25-30/h3-5,9-12,19-23,26-28,30H,1-2,6-7,13-17H2,(H,25,29)/t8?,19?,20-,21-,22+,23-/m1/s1. The Balaban J connectivity index is 1.74. The van der Waals surface area contributed by atoms with Crippen LogP contribution < -0.4 is 5.48 Å². The molecule has 6 nitrogen and oxygen atoms in total. The second kappa shape index (κ2) is 13.4. The Morgan fingerprint density at radius 2 is 1.73 bits per heavy atom. The molecule has 0 bridgehead atoms. The van der Waals surface area contributed by atoms with Crippen molar-refractivity contribution in [2.75, 3.05) is 0 Å². The van der Waals surface area contributed by atoms with Gasteiger partial charge in [-0.05, 0) is 61.7 Å². The number of nitrogens with one attached hydrogen (secondary N) is 1. The quantitative estimate of drug-likeness (QED) is 0.155. The van der Waals surface area contributed by atoms with Crippen molar-refractivity contribution < 1.29 is 25.3 Å². The lowest BCUT2D eigenvalue weighted by atomic mass is 9.85. The van der Waals surface area contributed by atoms with Crippen molar-refractivity contribution in [3.8, 4) is 0 Å². The summed E-state index contributed by atoms with van der Waals surface area (Å²) in [7, 11) is 0. The summed E-state index contributed by atoms with van der Waals surface area (Å²) in [5.41, 5.74) is 5.67. The summed E-state index contributed by atoms with van der Waals surface area (Å²) in [6.45, 7) is 0. The van der Waals surface area contributed by atoms with E-state index in [4.69, 9.17) is 5.21 Å². The molecule has 1 unspecified atom stereocenters. The molecule has 1 aromatic rings. The molecule has 1 aliphatic carbocycles. The number of benzene rings is 1. The minimum Gasteiger partial charge on any atom is -0.393 e. The lowest BCUT2D eigenvalue weighted by Gasteiger charge is -2.24. The van der Waals surface area contributed by atoms with Crippen LogP contribution in [0.2, 0.25) is 0 Å². The number of unbranched alkanes of at least 4 members (excludes halogenated alkanes) is 3. The van der Waals surface area contributed by atoms with Gasteiger partial charge in [-0.1, -0.05) is 49.6 Å². The Labute approximate surface area is 178 Å². The fourth-order valence-corrected chi connectivity index (χ4v) is 4.31. The summed E-state index contributed by atoms with van der Waals surface area (Å²) in [6.07, 6.45) is 8.00. The van der Waals surface area contributed by atoms with Crippen LogP contribution in [0.4, 0.5) is 0 Å². The summed E-state index contributed by atoms with van der Waals surface area (Å²) in [6, 6.07) is 9.78. The molecule has 0 aliphatic heterocycles. The van der Waals surface area contributed by atoms with E-state index >= 15 is 0 Å². The van der Waals surface area contributed by atoms with Gasteiger partial charge < -0.3 is 15.3 Å². The second-order valence-electron chi connectivity index (χ2n) is 8.22. The molecule has 0 radical (unpaired) electrons. The first kappa shape index (κ1) is 24.3. The van der Waals surface area contributed by atoms with Crippen molar-refractivity contribution in [2.45, 2.75) is 76.1 Å². The monoisotopic (exact) mass is 417 g/mol. The largest absolute Gasteiger partial charge is 0.393 e. The molecule has 1 amide bonds. The van der Waals surface area contributed by atoms with Gasteiger partial charge in [-0.3, -0.25) is 10.0 Å². The molecule has 166 valence electrons. The zero-order valence-corrected chi connectivity index (χ0v) is 17.5. The van der Waals surface area contributed by atoms with Gasteiger partial charge in [0.25, 0.3) is 0 Å². The van der Waals surface area contributed by atoms with Crippen LogP contribution >= 0.6 is 0 Å². The minimum atomic E-state index is -0.631. The molecule has 0 spiro atoms. The molecule has 0 saturated heterocycles. The molecule has 1 aromatic carbocycles. The lowest BCUT2D eigenvalue weighted by molar-refractivity contribution is -0.129. The molecule has 1 aliphatic rings. The summed E-state index contributed by atoms with van der Waals surface area (Å²) >= 11 is 0. The first-order chi connectivity index (χ1) is 14.5. The van der Waals surface area contributed by atoms with Crippen LogP contribution in [0.15, 0.2) is 42.1 Å². The molecule has 5 atom stereocenters. The first-order valence-electron chi connectivity index (χ1n) is 11.0. The maximum absolute atomic E-state index is 11.0. The van der Waals surface area contributed by atoms with Gasteiger partial charge in [0, 0.05) is 6.42 Å². The first-order valence-corrected chi connectivity index (χ1v) is 11.0. The fraction of sp³-hybridized carbons (Fsp3) is 0.583. The van der Waals surface area contributed by atoms with Crippen LogP contribution in [0.3, 0.4) is 0 Å². The highest BCUT2D eigenvalue weighted by Gasteiger charge is 2.40.